The fourth-order valence-corrected chi connectivity index (χ4v) is 9.03. The summed E-state index contributed by atoms with van der Waals surface area (Å²) in [7, 11) is 0. The van der Waals surface area contributed by atoms with E-state index in [2.05, 4.69) is 20.7 Å². The molecule has 194 valence electrons. The molecule has 5 heteroatoms. The maximum atomic E-state index is 6.33. The molecule has 0 amide bonds. The van der Waals surface area contributed by atoms with Gasteiger partial charge in [-0.2, -0.15) is 5.01 Å². The fourth-order valence-electron chi connectivity index (χ4n) is 9.03. The Bertz CT molecular complexity index is 638. The van der Waals surface area contributed by atoms with Crippen molar-refractivity contribution in [1.29, 1.82) is 0 Å². The van der Waals surface area contributed by atoms with E-state index in [1.165, 1.54) is 129 Å². The minimum absolute atomic E-state index is 0.130. The van der Waals surface area contributed by atoms with E-state index in [0.717, 1.165) is 29.6 Å². The lowest BCUT2D eigenvalue weighted by molar-refractivity contribution is -0.222. The van der Waals surface area contributed by atoms with Gasteiger partial charge in [-0.05, 0) is 68.1 Å². The van der Waals surface area contributed by atoms with Gasteiger partial charge in [-0.25, -0.2) is 5.43 Å². The van der Waals surface area contributed by atoms with Gasteiger partial charge in [-0.15, -0.1) is 0 Å². The molecule has 0 aromatic heterocycles. The zero-order chi connectivity index (χ0) is 22.7. The standard InChI is InChI=1S/C29H52N4O/c1-2-4-9-22-15-17-32(18-16-22)29-33-28(30-21-34-29)20-27(31-33)25-13-8-12-24(19-25)26-14-7-6-11-23(26)10-5-3-1/h22-31H,1-21H2. The minimum Gasteiger partial charge on any atom is -0.333 e. The van der Waals surface area contributed by atoms with Crippen molar-refractivity contribution in [2.45, 2.75) is 134 Å². The lowest BCUT2D eigenvalue weighted by Gasteiger charge is -2.46. The molecule has 2 saturated carbocycles. The molecule has 5 saturated heterocycles. The van der Waals surface area contributed by atoms with Crippen LogP contribution in [0.1, 0.15) is 116 Å². The first-order chi connectivity index (χ1) is 16.8. The van der Waals surface area contributed by atoms with Crippen LogP contribution in [0.25, 0.3) is 0 Å². The number of ether oxygens (including phenoxy) is 1. The predicted molar refractivity (Wildman–Crippen MR) is 138 cm³/mol. The molecule has 7 atom stereocenters. The van der Waals surface area contributed by atoms with E-state index < -0.39 is 0 Å². The summed E-state index contributed by atoms with van der Waals surface area (Å²) in [5.41, 5.74) is 4.03. The van der Waals surface area contributed by atoms with Crippen LogP contribution >= 0.6 is 0 Å². The van der Waals surface area contributed by atoms with Crippen LogP contribution in [0.2, 0.25) is 0 Å². The van der Waals surface area contributed by atoms with Crippen LogP contribution in [0, 0.1) is 29.6 Å². The number of fused-ring (bicyclic) bond motifs is 8. The zero-order valence-corrected chi connectivity index (χ0v) is 21.8. The van der Waals surface area contributed by atoms with Gasteiger partial charge in [0.2, 0.25) is 0 Å². The minimum atomic E-state index is 0.130. The molecule has 7 fully saturated rings. The Labute approximate surface area is 209 Å². The second-order valence-electron chi connectivity index (χ2n) is 13.0. The van der Waals surface area contributed by atoms with Crippen molar-refractivity contribution < 1.29 is 4.74 Å². The number of nitrogens with zero attached hydrogens (tertiary/aromatic N) is 2. The summed E-state index contributed by atoms with van der Waals surface area (Å²) in [6.45, 7) is 3.12. The number of nitrogens with one attached hydrogen (secondary N) is 2. The van der Waals surface area contributed by atoms with Crippen molar-refractivity contribution in [3.05, 3.63) is 0 Å². The summed E-state index contributed by atoms with van der Waals surface area (Å²) in [6.07, 6.45) is 26.9. The fraction of sp³-hybridized carbons (Fsp3) is 1.00. The first-order valence-corrected chi connectivity index (χ1v) is 15.5. The molecule has 5 heterocycles. The Morgan fingerprint density at radius 1 is 0.618 bits per heavy atom. The van der Waals surface area contributed by atoms with Gasteiger partial charge in [-0.3, -0.25) is 10.2 Å². The highest BCUT2D eigenvalue weighted by Crippen LogP contribution is 2.46. The topological polar surface area (TPSA) is 39.8 Å². The number of hydrogen-bond acceptors (Lipinski definition) is 5. The Balaban J connectivity index is 1.17. The summed E-state index contributed by atoms with van der Waals surface area (Å²) < 4.78 is 6.33. The molecule has 0 spiro atoms. The van der Waals surface area contributed by atoms with E-state index in [-0.39, 0.29) is 6.35 Å². The average Bonchev–Trinajstić information content (AvgIpc) is 3.33. The number of hydrogen-bond donors (Lipinski definition) is 2. The third kappa shape index (κ3) is 5.39. The van der Waals surface area contributed by atoms with Crippen LogP contribution in [0.4, 0.5) is 0 Å². The molecule has 2 N–H and O–H groups in total. The smallest absolute Gasteiger partial charge is 0.184 e. The van der Waals surface area contributed by atoms with Crippen molar-refractivity contribution in [1.82, 2.24) is 20.7 Å². The molecular formula is C29H52N4O. The SMILES string of the molecule is C1CCCC2CCN(CC2)C2OCNC3CC(NN32)C2CCCC(C2)C2CCCCC2CCC1. The molecule has 6 bridgehead atoms. The highest BCUT2D eigenvalue weighted by Gasteiger charge is 2.46. The van der Waals surface area contributed by atoms with Crippen molar-refractivity contribution in [3.8, 4) is 0 Å². The largest absolute Gasteiger partial charge is 0.333 e. The Morgan fingerprint density at radius 2 is 1.32 bits per heavy atom. The second-order valence-corrected chi connectivity index (χ2v) is 13.0. The van der Waals surface area contributed by atoms with Crippen LogP contribution in [-0.2, 0) is 4.74 Å². The van der Waals surface area contributed by atoms with Crippen molar-refractivity contribution in [3.63, 3.8) is 0 Å². The van der Waals surface area contributed by atoms with Gasteiger partial charge in [0.05, 0.1) is 6.17 Å². The molecule has 7 unspecified atom stereocenters. The lowest BCUT2D eigenvalue weighted by atomic mass is 9.64. The summed E-state index contributed by atoms with van der Waals surface area (Å²) >= 11 is 0. The van der Waals surface area contributed by atoms with E-state index in [0.29, 0.717) is 18.9 Å². The molecule has 5 aliphatic heterocycles. The first kappa shape index (κ1) is 24.2. The van der Waals surface area contributed by atoms with Gasteiger partial charge in [0.15, 0.2) is 6.35 Å². The van der Waals surface area contributed by atoms with Crippen molar-refractivity contribution >= 4 is 0 Å². The van der Waals surface area contributed by atoms with Gasteiger partial charge in [0, 0.05) is 19.1 Å². The van der Waals surface area contributed by atoms with Crippen LogP contribution in [0.15, 0.2) is 0 Å². The maximum Gasteiger partial charge on any atom is 0.184 e. The molecule has 0 aromatic rings. The Morgan fingerprint density at radius 3 is 2.21 bits per heavy atom. The van der Waals surface area contributed by atoms with Crippen LogP contribution < -0.4 is 10.7 Å². The zero-order valence-electron chi connectivity index (χ0n) is 21.8. The molecule has 2 aliphatic carbocycles. The van der Waals surface area contributed by atoms with E-state index >= 15 is 0 Å². The van der Waals surface area contributed by atoms with Gasteiger partial charge < -0.3 is 4.74 Å². The predicted octanol–water partition coefficient (Wildman–Crippen LogP) is 5.82. The van der Waals surface area contributed by atoms with Gasteiger partial charge in [-0.1, -0.05) is 77.0 Å². The third-order valence-electron chi connectivity index (χ3n) is 11.0. The molecular weight excluding hydrogens is 420 g/mol. The number of rotatable bonds is 0. The number of hydrazine groups is 1. The highest BCUT2D eigenvalue weighted by molar-refractivity contribution is 4.94. The summed E-state index contributed by atoms with van der Waals surface area (Å²) in [6, 6.07) is 0.634. The molecule has 7 aliphatic rings. The van der Waals surface area contributed by atoms with E-state index in [4.69, 9.17) is 4.74 Å². The van der Waals surface area contributed by atoms with Crippen molar-refractivity contribution in [2.24, 2.45) is 29.6 Å². The summed E-state index contributed by atoms with van der Waals surface area (Å²) in [4.78, 5) is 2.63. The highest BCUT2D eigenvalue weighted by atomic mass is 16.5. The molecule has 0 aromatic carbocycles. The summed E-state index contributed by atoms with van der Waals surface area (Å²) in [5, 5.41) is 6.16. The molecule has 0 radical (unpaired) electrons. The molecule has 7 rings (SSSR count). The van der Waals surface area contributed by atoms with Crippen LogP contribution in [0.3, 0.4) is 0 Å². The summed E-state index contributed by atoms with van der Waals surface area (Å²) in [5.74, 6) is 4.86. The van der Waals surface area contributed by atoms with E-state index in [1.807, 2.05) is 0 Å². The first-order valence-electron chi connectivity index (χ1n) is 15.5. The van der Waals surface area contributed by atoms with E-state index in [9.17, 15) is 0 Å². The lowest BCUT2D eigenvalue weighted by Crippen LogP contribution is -2.64. The van der Waals surface area contributed by atoms with Crippen LogP contribution in [-0.4, -0.2) is 48.3 Å². The van der Waals surface area contributed by atoms with E-state index in [1.54, 1.807) is 0 Å². The monoisotopic (exact) mass is 472 g/mol. The normalized spacial score (nSPS) is 47.1. The molecule has 34 heavy (non-hydrogen) atoms. The molecule has 5 nitrogen and oxygen atoms in total. The van der Waals surface area contributed by atoms with Gasteiger partial charge >= 0.3 is 0 Å². The number of piperidine rings is 1. The average molecular weight is 473 g/mol. The second kappa shape index (κ2) is 11.5. The maximum absolute atomic E-state index is 6.33. The van der Waals surface area contributed by atoms with Gasteiger partial charge in [0.1, 0.15) is 6.73 Å². The van der Waals surface area contributed by atoms with Crippen molar-refractivity contribution in [2.75, 3.05) is 19.8 Å². The Hall–Kier alpha value is -0.200. The van der Waals surface area contributed by atoms with Crippen LogP contribution in [0.5, 0.6) is 0 Å². The quantitative estimate of drug-likeness (QED) is 0.465. The van der Waals surface area contributed by atoms with Gasteiger partial charge in [0.25, 0.3) is 0 Å². The third-order valence-corrected chi connectivity index (χ3v) is 11.0. The Kier molecular flexibility index (Phi) is 8.14.